The van der Waals surface area contributed by atoms with E-state index in [2.05, 4.69) is 21.2 Å². The molecule has 5 nitrogen and oxygen atoms in total. The van der Waals surface area contributed by atoms with Gasteiger partial charge < -0.3 is 14.6 Å². The number of anilines is 1. The summed E-state index contributed by atoms with van der Waals surface area (Å²) in [6.07, 6.45) is 2.92. The third-order valence-corrected chi connectivity index (χ3v) is 4.94. The molecule has 1 aliphatic heterocycles. The maximum Gasteiger partial charge on any atom is 0.291 e. The number of nitrogens with one attached hydrogen (secondary N) is 1. The van der Waals surface area contributed by atoms with Gasteiger partial charge in [0, 0.05) is 24.7 Å². The van der Waals surface area contributed by atoms with Crippen molar-refractivity contribution in [2.24, 2.45) is 5.92 Å². The van der Waals surface area contributed by atoms with Crippen LogP contribution in [0.1, 0.15) is 34.5 Å². The summed E-state index contributed by atoms with van der Waals surface area (Å²) in [6.45, 7) is 1.41. The zero-order chi connectivity index (χ0) is 16.7. The van der Waals surface area contributed by atoms with Gasteiger partial charge in [0.2, 0.25) is 5.91 Å². The van der Waals surface area contributed by atoms with E-state index < -0.39 is 0 Å². The van der Waals surface area contributed by atoms with Crippen LogP contribution in [0.25, 0.3) is 0 Å². The van der Waals surface area contributed by atoms with Crippen molar-refractivity contribution in [3.05, 3.63) is 51.9 Å². The highest BCUT2D eigenvalue weighted by atomic mass is 79.9. The number of amides is 2. The lowest BCUT2D eigenvalue weighted by atomic mass is 9.98. The van der Waals surface area contributed by atoms with Gasteiger partial charge in [0.05, 0.1) is 0 Å². The standard InChI is InChI=1S/C18H17BrN2O3/c19-16-6-5-15(24-16)17(22)20-14-4-3-11-7-8-21(10-13(11)9-14)18(23)12-1-2-12/h3-6,9,12H,1-2,7-8,10H2,(H,20,22). The van der Waals surface area contributed by atoms with Gasteiger partial charge in [-0.3, -0.25) is 9.59 Å². The third kappa shape index (κ3) is 3.11. The Morgan fingerprint density at radius 1 is 1.17 bits per heavy atom. The maximum absolute atomic E-state index is 12.3. The molecule has 2 amide bonds. The van der Waals surface area contributed by atoms with Crippen molar-refractivity contribution >= 4 is 33.4 Å². The van der Waals surface area contributed by atoms with Crippen molar-refractivity contribution in [3.63, 3.8) is 0 Å². The van der Waals surface area contributed by atoms with Gasteiger partial charge in [0.25, 0.3) is 5.91 Å². The quantitative estimate of drug-likeness (QED) is 0.873. The molecule has 124 valence electrons. The maximum atomic E-state index is 12.3. The minimum Gasteiger partial charge on any atom is -0.444 e. The van der Waals surface area contributed by atoms with Crippen LogP contribution in [0, 0.1) is 5.92 Å². The van der Waals surface area contributed by atoms with Crippen molar-refractivity contribution in [1.29, 1.82) is 0 Å². The van der Waals surface area contributed by atoms with E-state index in [1.165, 1.54) is 5.56 Å². The number of furan rings is 1. The zero-order valence-electron chi connectivity index (χ0n) is 13.0. The summed E-state index contributed by atoms with van der Waals surface area (Å²) < 4.78 is 5.78. The normalized spacial score (nSPS) is 16.6. The van der Waals surface area contributed by atoms with Gasteiger partial charge in [-0.1, -0.05) is 6.07 Å². The minimum absolute atomic E-state index is 0.242. The van der Waals surface area contributed by atoms with Crippen molar-refractivity contribution in [3.8, 4) is 0 Å². The molecule has 4 rings (SSSR count). The average molecular weight is 389 g/mol. The monoisotopic (exact) mass is 388 g/mol. The van der Waals surface area contributed by atoms with Crippen LogP contribution >= 0.6 is 15.9 Å². The summed E-state index contributed by atoms with van der Waals surface area (Å²) >= 11 is 3.19. The number of carbonyl (C=O) groups excluding carboxylic acids is 2. The summed E-state index contributed by atoms with van der Waals surface area (Å²) in [6, 6.07) is 9.18. The van der Waals surface area contributed by atoms with Gasteiger partial charge >= 0.3 is 0 Å². The van der Waals surface area contributed by atoms with Crippen LogP contribution in [0.3, 0.4) is 0 Å². The molecular weight excluding hydrogens is 372 g/mol. The van der Waals surface area contributed by atoms with E-state index >= 15 is 0 Å². The lowest BCUT2D eigenvalue weighted by Crippen LogP contribution is -2.36. The Kier molecular flexibility index (Phi) is 3.92. The van der Waals surface area contributed by atoms with Crippen molar-refractivity contribution in [2.75, 3.05) is 11.9 Å². The van der Waals surface area contributed by atoms with Crippen molar-refractivity contribution < 1.29 is 14.0 Å². The predicted octanol–water partition coefficient (Wildman–Crippen LogP) is 3.59. The first-order valence-corrected chi connectivity index (χ1v) is 8.87. The summed E-state index contributed by atoms with van der Waals surface area (Å²) in [5.74, 6) is 0.481. The highest BCUT2D eigenvalue weighted by Crippen LogP contribution is 2.33. The number of rotatable bonds is 3. The fourth-order valence-corrected chi connectivity index (χ4v) is 3.35. The van der Waals surface area contributed by atoms with Crippen LogP contribution in [0.4, 0.5) is 5.69 Å². The lowest BCUT2D eigenvalue weighted by molar-refractivity contribution is -0.133. The first-order chi connectivity index (χ1) is 11.6. The van der Waals surface area contributed by atoms with Gasteiger partial charge in [0.1, 0.15) is 0 Å². The second kappa shape index (κ2) is 6.09. The number of benzene rings is 1. The van der Waals surface area contributed by atoms with Crippen LogP contribution in [0.5, 0.6) is 0 Å². The van der Waals surface area contributed by atoms with Crippen LogP contribution < -0.4 is 5.32 Å². The SMILES string of the molecule is O=C(Nc1ccc2c(c1)CN(C(=O)C1CC1)CC2)c1ccc(Br)o1. The molecule has 1 N–H and O–H groups in total. The Labute approximate surface area is 148 Å². The molecule has 1 fully saturated rings. The second-order valence-corrected chi connectivity index (χ2v) is 7.11. The second-order valence-electron chi connectivity index (χ2n) is 6.33. The van der Waals surface area contributed by atoms with Crippen molar-refractivity contribution in [1.82, 2.24) is 4.90 Å². The highest BCUT2D eigenvalue weighted by Gasteiger charge is 2.34. The van der Waals surface area contributed by atoms with Gasteiger partial charge in [-0.25, -0.2) is 0 Å². The highest BCUT2D eigenvalue weighted by molar-refractivity contribution is 9.10. The third-order valence-electron chi connectivity index (χ3n) is 4.51. The summed E-state index contributed by atoms with van der Waals surface area (Å²) in [7, 11) is 0. The number of fused-ring (bicyclic) bond motifs is 1. The van der Waals surface area contributed by atoms with Crippen LogP contribution in [0.15, 0.2) is 39.4 Å². The van der Waals surface area contributed by atoms with Crippen LogP contribution in [-0.2, 0) is 17.8 Å². The molecule has 6 heteroatoms. The Hall–Kier alpha value is -2.08. The predicted molar refractivity (Wildman–Crippen MR) is 92.6 cm³/mol. The largest absolute Gasteiger partial charge is 0.444 e. The molecule has 0 radical (unpaired) electrons. The number of halogens is 1. The first-order valence-electron chi connectivity index (χ1n) is 8.07. The fraction of sp³-hybridized carbons (Fsp3) is 0.333. The zero-order valence-corrected chi connectivity index (χ0v) is 14.6. The molecular formula is C18H17BrN2O3. The molecule has 0 unspecified atom stereocenters. The van der Waals surface area contributed by atoms with E-state index in [4.69, 9.17) is 4.42 Å². The summed E-state index contributed by atoms with van der Waals surface area (Å²) in [5, 5.41) is 2.84. The molecule has 1 aromatic carbocycles. The van der Waals surface area contributed by atoms with Crippen LogP contribution in [0.2, 0.25) is 0 Å². The first kappa shape index (κ1) is 15.4. The topological polar surface area (TPSA) is 62.6 Å². The van der Waals surface area contributed by atoms with Crippen LogP contribution in [-0.4, -0.2) is 23.3 Å². The Bertz CT molecular complexity index is 810. The molecule has 0 atom stereocenters. The van der Waals surface area contributed by atoms with Crippen molar-refractivity contribution in [2.45, 2.75) is 25.8 Å². The molecule has 0 bridgehead atoms. The average Bonchev–Trinajstić information content (AvgIpc) is 3.34. The summed E-state index contributed by atoms with van der Waals surface area (Å²) in [4.78, 5) is 26.4. The Morgan fingerprint density at radius 2 is 2.00 bits per heavy atom. The number of hydrogen-bond acceptors (Lipinski definition) is 3. The number of hydrogen-bond donors (Lipinski definition) is 1. The lowest BCUT2D eigenvalue weighted by Gasteiger charge is -2.29. The molecule has 0 spiro atoms. The van der Waals surface area contributed by atoms with Gasteiger partial charge in [-0.2, -0.15) is 0 Å². The molecule has 1 saturated carbocycles. The minimum atomic E-state index is -0.289. The molecule has 2 aliphatic rings. The van der Waals surface area contributed by atoms with Gasteiger partial charge in [0.15, 0.2) is 10.4 Å². The molecule has 2 heterocycles. The molecule has 24 heavy (non-hydrogen) atoms. The van der Waals surface area contributed by atoms with E-state index in [1.807, 2.05) is 23.1 Å². The van der Waals surface area contributed by atoms with E-state index in [0.29, 0.717) is 16.9 Å². The summed E-state index contributed by atoms with van der Waals surface area (Å²) in [5.41, 5.74) is 3.06. The molecule has 1 aromatic heterocycles. The van der Waals surface area contributed by atoms with Gasteiger partial charge in [-0.15, -0.1) is 0 Å². The molecule has 2 aromatic rings. The molecule has 1 aliphatic carbocycles. The van der Waals surface area contributed by atoms with Gasteiger partial charge in [-0.05, 0) is 70.6 Å². The Balaban J connectivity index is 1.49. The van der Waals surface area contributed by atoms with E-state index in [0.717, 1.165) is 31.4 Å². The smallest absolute Gasteiger partial charge is 0.291 e. The number of carbonyl (C=O) groups is 2. The van der Waals surface area contributed by atoms with E-state index in [-0.39, 0.29) is 23.5 Å². The van der Waals surface area contributed by atoms with E-state index in [9.17, 15) is 9.59 Å². The Morgan fingerprint density at radius 3 is 2.71 bits per heavy atom. The fourth-order valence-electron chi connectivity index (χ4n) is 3.04. The number of nitrogens with zero attached hydrogens (tertiary/aromatic N) is 1. The molecule has 0 saturated heterocycles. The van der Waals surface area contributed by atoms with E-state index in [1.54, 1.807) is 12.1 Å².